The van der Waals surface area contributed by atoms with E-state index in [0.717, 1.165) is 48.2 Å². The third kappa shape index (κ3) is 6.84. The minimum Gasteiger partial charge on any atom is -0.495 e. The van der Waals surface area contributed by atoms with E-state index in [9.17, 15) is 0 Å². The van der Waals surface area contributed by atoms with Crippen molar-refractivity contribution in [3.63, 3.8) is 0 Å². The second kappa shape index (κ2) is 12.0. The van der Waals surface area contributed by atoms with Crippen LogP contribution >= 0.6 is 11.8 Å². The largest absolute Gasteiger partial charge is 0.495 e. The minimum atomic E-state index is 0.509. The highest BCUT2D eigenvalue weighted by atomic mass is 32.2. The maximum absolute atomic E-state index is 5.24. The van der Waals surface area contributed by atoms with Crippen LogP contribution in [0.1, 0.15) is 38.2 Å². The maximum Gasteiger partial charge on any atom is 0.139 e. The Labute approximate surface area is 206 Å². The van der Waals surface area contributed by atoms with E-state index in [1.807, 2.05) is 6.07 Å². The molecule has 8 heteroatoms. The number of ether oxygens (including phenoxy) is 1. The second-order valence-corrected chi connectivity index (χ2v) is 9.92. The van der Waals surface area contributed by atoms with Gasteiger partial charge in [-0.3, -0.25) is 9.98 Å². The molecule has 1 aliphatic carbocycles. The van der Waals surface area contributed by atoms with Crippen molar-refractivity contribution in [1.29, 1.82) is 0 Å². The Bertz CT molecular complexity index is 1040. The van der Waals surface area contributed by atoms with Crippen LogP contribution in [0, 0.1) is 0 Å². The number of rotatable bonds is 7. The number of anilines is 2. The average molecular weight is 479 g/mol. The van der Waals surface area contributed by atoms with Crippen molar-refractivity contribution in [2.75, 3.05) is 25.4 Å². The Kier molecular flexibility index (Phi) is 8.60. The van der Waals surface area contributed by atoms with Gasteiger partial charge in [-0.25, -0.2) is 4.99 Å². The first-order valence-electron chi connectivity index (χ1n) is 11.8. The number of amidine groups is 1. The molecule has 0 spiro atoms. The lowest BCUT2D eigenvalue weighted by molar-refractivity contribution is 0.358. The van der Waals surface area contributed by atoms with Crippen LogP contribution in [0.4, 0.5) is 11.4 Å². The van der Waals surface area contributed by atoms with Gasteiger partial charge in [0.25, 0.3) is 0 Å². The van der Waals surface area contributed by atoms with Gasteiger partial charge >= 0.3 is 0 Å². The molecule has 0 bridgehead atoms. The van der Waals surface area contributed by atoms with E-state index >= 15 is 0 Å². The fourth-order valence-electron chi connectivity index (χ4n) is 4.30. The van der Waals surface area contributed by atoms with E-state index in [1.165, 1.54) is 23.3 Å². The monoisotopic (exact) mass is 478 g/mol. The molecule has 0 radical (unpaired) electrons. The first kappa shape index (κ1) is 24.3. The Morgan fingerprint density at radius 3 is 2.82 bits per heavy atom. The minimum absolute atomic E-state index is 0.509. The standard InChI is InChI=1S/C26H34N6OS/c1-19-4-11-26(30-17-28-18-34-19)32(2)24-10-9-22(12-24)29-14-20-5-7-21(8-6-20)31-23-13-25(33-3)16-27-15-23/h4-8,13,15-17,22,24,29,31H,9-12,14,18H2,1-3H3/b19-4-,28-17?,30-26?. The quantitative estimate of drug-likeness (QED) is 0.570. The Hall–Kier alpha value is -2.84. The zero-order valence-electron chi connectivity index (χ0n) is 20.2. The highest BCUT2D eigenvalue weighted by molar-refractivity contribution is 8.03. The highest BCUT2D eigenvalue weighted by Gasteiger charge is 2.28. The van der Waals surface area contributed by atoms with E-state index in [-0.39, 0.29) is 0 Å². The van der Waals surface area contributed by atoms with E-state index < -0.39 is 0 Å². The Morgan fingerprint density at radius 2 is 2.00 bits per heavy atom. The van der Waals surface area contributed by atoms with Gasteiger partial charge in [0.1, 0.15) is 17.9 Å². The average Bonchev–Trinajstić information content (AvgIpc) is 3.37. The Balaban J connectivity index is 1.26. The third-order valence-electron chi connectivity index (χ3n) is 6.37. The maximum atomic E-state index is 5.24. The summed E-state index contributed by atoms with van der Waals surface area (Å²) in [6.07, 6.45) is 11.8. The van der Waals surface area contributed by atoms with Crippen LogP contribution in [0.2, 0.25) is 0 Å². The molecule has 7 nitrogen and oxygen atoms in total. The summed E-state index contributed by atoms with van der Waals surface area (Å²) in [5, 5.41) is 7.13. The van der Waals surface area contributed by atoms with Crippen LogP contribution in [-0.2, 0) is 6.54 Å². The van der Waals surface area contributed by atoms with Gasteiger partial charge in [0.2, 0.25) is 0 Å². The molecule has 2 unspecified atom stereocenters. The third-order valence-corrected chi connectivity index (χ3v) is 7.27. The van der Waals surface area contributed by atoms with Crippen molar-refractivity contribution in [1.82, 2.24) is 15.2 Å². The second-order valence-electron chi connectivity index (χ2n) is 8.73. The van der Waals surface area contributed by atoms with E-state index in [0.29, 0.717) is 12.1 Å². The normalized spacial score (nSPS) is 22.1. The fraction of sp³-hybridized carbons (Fsp3) is 0.423. The predicted octanol–water partition coefficient (Wildman–Crippen LogP) is 5.20. The molecule has 2 atom stereocenters. The van der Waals surface area contributed by atoms with Crippen molar-refractivity contribution in [2.24, 2.45) is 9.98 Å². The summed E-state index contributed by atoms with van der Waals surface area (Å²) in [6.45, 7) is 3.02. The lowest BCUT2D eigenvalue weighted by Crippen LogP contribution is -2.37. The van der Waals surface area contributed by atoms with E-state index in [4.69, 9.17) is 4.74 Å². The molecular weight excluding hydrogens is 444 g/mol. The molecule has 1 aromatic carbocycles. The van der Waals surface area contributed by atoms with Crippen LogP contribution in [0.15, 0.2) is 63.7 Å². The molecule has 2 N–H and O–H groups in total. The summed E-state index contributed by atoms with van der Waals surface area (Å²) in [6, 6.07) is 11.5. The van der Waals surface area contributed by atoms with Gasteiger partial charge in [0.05, 0.1) is 31.1 Å². The van der Waals surface area contributed by atoms with Crippen LogP contribution < -0.4 is 15.4 Å². The molecule has 2 aliphatic rings. The van der Waals surface area contributed by atoms with Crippen LogP contribution in [0.25, 0.3) is 0 Å². The fourth-order valence-corrected chi connectivity index (χ4v) is 4.85. The summed E-state index contributed by atoms with van der Waals surface area (Å²) >= 11 is 1.77. The summed E-state index contributed by atoms with van der Waals surface area (Å²) in [5.74, 6) is 2.58. The summed E-state index contributed by atoms with van der Waals surface area (Å²) < 4.78 is 5.24. The summed E-state index contributed by atoms with van der Waals surface area (Å²) in [5.41, 5.74) is 3.22. The number of hydrogen-bond acceptors (Lipinski definition) is 8. The lowest BCUT2D eigenvalue weighted by atomic mass is 10.1. The van der Waals surface area contributed by atoms with Gasteiger partial charge in [-0.15, -0.1) is 11.8 Å². The van der Waals surface area contributed by atoms with Gasteiger partial charge in [-0.05, 0) is 48.8 Å². The molecule has 1 saturated carbocycles. The number of benzene rings is 1. The molecule has 4 rings (SSSR count). The molecule has 1 aromatic heterocycles. The van der Waals surface area contributed by atoms with Crippen LogP contribution in [0.3, 0.4) is 0 Å². The number of aromatic nitrogens is 1. The van der Waals surface area contributed by atoms with Gasteiger partial charge in [0.15, 0.2) is 0 Å². The van der Waals surface area contributed by atoms with Crippen molar-refractivity contribution < 1.29 is 4.74 Å². The van der Waals surface area contributed by atoms with Crippen molar-refractivity contribution in [2.45, 2.75) is 51.2 Å². The van der Waals surface area contributed by atoms with Crippen molar-refractivity contribution in [3.8, 4) is 5.75 Å². The Morgan fingerprint density at radius 1 is 1.15 bits per heavy atom. The van der Waals surface area contributed by atoms with Crippen LogP contribution in [0.5, 0.6) is 5.75 Å². The first-order chi connectivity index (χ1) is 16.6. The molecular formula is C26H34N6OS. The van der Waals surface area contributed by atoms with Crippen molar-refractivity contribution >= 4 is 35.3 Å². The molecule has 180 valence electrons. The smallest absolute Gasteiger partial charge is 0.139 e. The number of nitrogens with one attached hydrogen (secondary N) is 2. The first-order valence-corrected chi connectivity index (χ1v) is 12.7. The van der Waals surface area contributed by atoms with Gasteiger partial charge < -0.3 is 20.3 Å². The molecule has 2 aromatic rings. The van der Waals surface area contributed by atoms with E-state index in [2.05, 4.69) is 74.8 Å². The number of methoxy groups -OCH3 is 1. The number of aliphatic imine (C=N–C) groups is 2. The molecule has 1 aliphatic heterocycles. The number of thioether (sulfide) groups is 1. The number of hydrogen-bond donors (Lipinski definition) is 2. The SMILES string of the molecule is COc1cncc(Nc2ccc(CNC3CCC(N(C)C4=NC=NCS/C(C)=C\C4)C3)cc2)c1. The number of pyridine rings is 1. The zero-order valence-corrected chi connectivity index (χ0v) is 21.0. The summed E-state index contributed by atoms with van der Waals surface area (Å²) in [4.78, 5) is 16.9. The zero-order chi connectivity index (χ0) is 23.8. The lowest BCUT2D eigenvalue weighted by Gasteiger charge is -2.27. The number of nitrogens with zero attached hydrogens (tertiary/aromatic N) is 4. The summed E-state index contributed by atoms with van der Waals surface area (Å²) in [7, 11) is 3.82. The van der Waals surface area contributed by atoms with Gasteiger partial charge in [-0.2, -0.15) is 0 Å². The molecule has 0 amide bonds. The molecule has 1 fully saturated rings. The number of allylic oxidation sites excluding steroid dienone is 1. The van der Waals surface area contributed by atoms with E-state index in [1.54, 1.807) is 37.6 Å². The van der Waals surface area contributed by atoms with Crippen molar-refractivity contribution in [3.05, 3.63) is 59.3 Å². The van der Waals surface area contributed by atoms with Gasteiger partial charge in [0, 0.05) is 43.9 Å². The highest BCUT2D eigenvalue weighted by Crippen LogP contribution is 2.26. The predicted molar refractivity (Wildman–Crippen MR) is 143 cm³/mol. The molecule has 34 heavy (non-hydrogen) atoms. The van der Waals surface area contributed by atoms with Gasteiger partial charge in [-0.1, -0.05) is 18.2 Å². The molecule has 0 saturated heterocycles. The topological polar surface area (TPSA) is 74.1 Å². The molecule has 2 heterocycles. The van der Waals surface area contributed by atoms with Crippen LogP contribution in [-0.4, -0.2) is 54.2 Å².